The van der Waals surface area contributed by atoms with Gasteiger partial charge in [-0.1, -0.05) is 11.6 Å². The summed E-state index contributed by atoms with van der Waals surface area (Å²) >= 11 is 5.79. The molecule has 0 saturated heterocycles. The molecular weight excluding hydrogens is 271 g/mol. The third-order valence-corrected chi connectivity index (χ3v) is 2.38. The number of imidazole rings is 1. The number of nitrogens with two attached hydrogens (primary N) is 1. The van der Waals surface area contributed by atoms with Gasteiger partial charge in [-0.2, -0.15) is 13.2 Å². The van der Waals surface area contributed by atoms with Gasteiger partial charge in [-0.3, -0.25) is 0 Å². The summed E-state index contributed by atoms with van der Waals surface area (Å²) < 4.78 is 42.8. The fourth-order valence-electron chi connectivity index (χ4n) is 1.47. The summed E-state index contributed by atoms with van der Waals surface area (Å²) in [7, 11) is 0. The van der Waals surface area contributed by atoms with Gasteiger partial charge in [-0.15, -0.1) is 0 Å². The van der Waals surface area contributed by atoms with Gasteiger partial charge in [0.15, 0.2) is 0 Å². The van der Waals surface area contributed by atoms with Crippen molar-refractivity contribution in [3.8, 4) is 5.75 Å². The second-order valence-corrected chi connectivity index (χ2v) is 3.96. The predicted molar refractivity (Wildman–Crippen MR) is 60.7 cm³/mol. The van der Waals surface area contributed by atoms with Crippen LogP contribution in [-0.4, -0.2) is 23.1 Å². The summed E-state index contributed by atoms with van der Waals surface area (Å²) in [5.41, 5.74) is 5.52. The van der Waals surface area contributed by atoms with Crippen LogP contribution in [0.1, 0.15) is 5.82 Å². The molecule has 2 aromatic rings. The molecule has 0 saturated carbocycles. The SMILES string of the molecule is NCCOc1cc(Cl)cc2[nH]c(C(F)(F)F)nc12. The molecule has 0 bridgehead atoms. The average Bonchev–Trinajstić information content (AvgIpc) is 2.69. The van der Waals surface area contributed by atoms with E-state index in [0.29, 0.717) is 0 Å². The van der Waals surface area contributed by atoms with Gasteiger partial charge in [0.05, 0.1) is 5.52 Å². The Bertz CT molecular complexity index is 567. The maximum atomic E-state index is 12.5. The van der Waals surface area contributed by atoms with Gasteiger partial charge in [0.1, 0.15) is 17.9 Å². The van der Waals surface area contributed by atoms with Crippen LogP contribution in [0.15, 0.2) is 12.1 Å². The van der Waals surface area contributed by atoms with E-state index in [1.807, 2.05) is 0 Å². The number of hydrogen-bond acceptors (Lipinski definition) is 3. The van der Waals surface area contributed by atoms with Gasteiger partial charge in [0.2, 0.25) is 5.82 Å². The highest BCUT2D eigenvalue weighted by Crippen LogP contribution is 2.33. The monoisotopic (exact) mass is 279 g/mol. The van der Waals surface area contributed by atoms with Crippen molar-refractivity contribution in [1.29, 1.82) is 0 Å². The molecule has 0 aliphatic carbocycles. The van der Waals surface area contributed by atoms with Crippen LogP contribution in [0.25, 0.3) is 11.0 Å². The van der Waals surface area contributed by atoms with Crippen LogP contribution in [0.3, 0.4) is 0 Å². The molecule has 0 radical (unpaired) electrons. The quantitative estimate of drug-likeness (QED) is 0.907. The summed E-state index contributed by atoms with van der Waals surface area (Å²) in [5, 5.41) is 0.256. The zero-order valence-electron chi connectivity index (χ0n) is 9.01. The first kappa shape index (κ1) is 13.0. The molecule has 3 N–H and O–H groups in total. The van der Waals surface area contributed by atoms with Crippen molar-refractivity contribution in [2.45, 2.75) is 6.18 Å². The Labute approximate surface area is 105 Å². The first-order valence-corrected chi connectivity index (χ1v) is 5.39. The topological polar surface area (TPSA) is 63.9 Å². The van der Waals surface area contributed by atoms with Crippen molar-refractivity contribution in [3.63, 3.8) is 0 Å². The van der Waals surface area contributed by atoms with Crippen LogP contribution >= 0.6 is 11.6 Å². The predicted octanol–water partition coefficient (Wildman–Crippen LogP) is 2.57. The molecule has 0 spiro atoms. The van der Waals surface area contributed by atoms with Gasteiger partial charge < -0.3 is 15.5 Å². The van der Waals surface area contributed by atoms with E-state index in [0.717, 1.165) is 0 Å². The molecule has 98 valence electrons. The average molecular weight is 280 g/mol. The number of nitrogens with zero attached hydrogens (tertiary/aromatic N) is 1. The minimum Gasteiger partial charge on any atom is -0.490 e. The lowest BCUT2D eigenvalue weighted by molar-refractivity contribution is -0.144. The standard InChI is InChI=1S/C10H9ClF3N3O/c11-5-3-6-8(7(4-5)18-2-1-15)17-9(16-6)10(12,13)14/h3-4H,1-2,15H2,(H,16,17). The van der Waals surface area contributed by atoms with Crippen molar-refractivity contribution in [1.82, 2.24) is 9.97 Å². The number of aromatic nitrogens is 2. The number of benzene rings is 1. The Hall–Kier alpha value is -1.47. The molecule has 0 aliphatic rings. The number of H-pyrrole nitrogens is 1. The smallest absolute Gasteiger partial charge is 0.449 e. The van der Waals surface area contributed by atoms with Gasteiger partial charge in [-0.25, -0.2) is 4.98 Å². The van der Waals surface area contributed by atoms with Crippen molar-refractivity contribution >= 4 is 22.6 Å². The molecule has 4 nitrogen and oxygen atoms in total. The second kappa shape index (κ2) is 4.66. The molecule has 8 heteroatoms. The van der Waals surface area contributed by atoms with Gasteiger partial charge in [-0.05, 0) is 6.07 Å². The number of nitrogens with one attached hydrogen (secondary N) is 1. The Kier molecular flexibility index (Phi) is 3.36. The summed E-state index contributed by atoms with van der Waals surface area (Å²) in [6, 6.07) is 2.76. The van der Waals surface area contributed by atoms with Gasteiger partial charge in [0, 0.05) is 17.6 Å². The third-order valence-electron chi connectivity index (χ3n) is 2.16. The fraction of sp³-hybridized carbons (Fsp3) is 0.300. The zero-order valence-corrected chi connectivity index (χ0v) is 9.77. The van der Waals surface area contributed by atoms with Crippen LogP contribution in [0.5, 0.6) is 5.75 Å². The van der Waals surface area contributed by atoms with E-state index >= 15 is 0 Å². The minimum absolute atomic E-state index is 0.0835. The largest absolute Gasteiger partial charge is 0.490 e. The molecule has 0 atom stereocenters. The number of hydrogen-bond donors (Lipinski definition) is 2. The maximum Gasteiger partial charge on any atom is 0.449 e. The normalized spacial score (nSPS) is 12.1. The number of halogens is 4. The third kappa shape index (κ3) is 2.51. The van der Waals surface area contributed by atoms with Crippen molar-refractivity contribution < 1.29 is 17.9 Å². The number of rotatable bonds is 3. The Morgan fingerprint density at radius 2 is 2.11 bits per heavy atom. The second-order valence-electron chi connectivity index (χ2n) is 3.52. The van der Waals surface area contributed by atoms with Gasteiger partial charge in [0.25, 0.3) is 0 Å². The lowest BCUT2D eigenvalue weighted by Crippen LogP contribution is -2.10. The van der Waals surface area contributed by atoms with Gasteiger partial charge >= 0.3 is 6.18 Å². The Morgan fingerprint density at radius 3 is 2.72 bits per heavy atom. The molecule has 0 amide bonds. The summed E-state index contributed by atoms with van der Waals surface area (Å²) in [5.74, 6) is -0.910. The van der Waals surface area contributed by atoms with E-state index in [9.17, 15) is 13.2 Å². The number of fused-ring (bicyclic) bond motifs is 1. The van der Waals surface area contributed by atoms with Crippen molar-refractivity contribution in [3.05, 3.63) is 23.0 Å². The molecule has 0 unspecified atom stereocenters. The first-order chi connectivity index (χ1) is 8.41. The highest BCUT2D eigenvalue weighted by atomic mass is 35.5. The van der Waals surface area contributed by atoms with E-state index in [1.54, 1.807) is 0 Å². The number of ether oxygens (including phenoxy) is 1. The van der Waals surface area contributed by atoms with Crippen LogP contribution in [-0.2, 0) is 6.18 Å². The molecule has 2 rings (SSSR count). The number of aromatic amines is 1. The highest BCUT2D eigenvalue weighted by molar-refractivity contribution is 6.31. The molecule has 1 heterocycles. The molecule has 1 aromatic carbocycles. The van der Waals surface area contributed by atoms with E-state index < -0.39 is 12.0 Å². The maximum absolute atomic E-state index is 12.5. The van der Waals surface area contributed by atoms with E-state index in [1.165, 1.54) is 12.1 Å². The molecule has 18 heavy (non-hydrogen) atoms. The minimum atomic E-state index is -4.55. The summed E-state index contributed by atoms with van der Waals surface area (Å²) in [6.07, 6.45) is -4.55. The Morgan fingerprint density at radius 1 is 1.39 bits per heavy atom. The first-order valence-electron chi connectivity index (χ1n) is 5.01. The lowest BCUT2D eigenvalue weighted by atomic mass is 10.3. The molecule has 1 aromatic heterocycles. The lowest BCUT2D eigenvalue weighted by Gasteiger charge is -2.05. The van der Waals surface area contributed by atoms with Crippen molar-refractivity contribution in [2.75, 3.05) is 13.2 Å². The fourth-order valence-corrected chi connectivity index (χ4v) is 1.67. The van der Waals surface area contributed by atoms with Crippen LogP contribution < -0.4 is 10.5 Å². The van der Waals surface area contributed by atoms with Crippen LogP contribution in [0.4, 0.5) is 13.2 Å². The van der Waals surface area contributed by atoms with Crippen LogP contribution in [0, 0.1) is 0 Å². The van der Waals surface area contributed by atoms with E-state index in [2.05, 4.69) is 9.97 Å². The van der Waals surface area contributed by atoms with Crippen LogP contribution in [0.2, 0.25) is 5.02 Å². The number of alkyl halides is 3. The highest BCUT2D eigenvalue weighted by Gasteiger charge is 2.35. The van der Waals surface area contributed by atoms with E-state index in [4.69, 9.17) is 22.1 Å². The molecule has 0 fully saturated rings. The zero-order chi connectivity index (χ0) is 13.3. The molecule has 0 aliphatic heterocycles. The van der Waals surface area contributed by atoms with Crippen molar-refractivity contribution in [2.24, 2.45) is 5.73 Å². The summed E-state index contributed by atoms with van der Waals surface area (Å²) in [6.45, 7) is 0.411. The summed E-state index contributed by atoms with van der Waals surface area (Å²) in [4.78, 5) is 5.63. The molecular formula is C10H9ClF3N3O. The Balaban J connectivity index is 2.53. The van der Waals surface area contributed by atoms with E-state index in [-0.39, 0.29) is 35.0 Å².